The van der Waals surface area contributed by atoms with Crippen LogP contribution < -0.4 is 0 Å². The van der Waals surface area contributed by atoms with Gasteiger partial charge in [0.25, 0.3) is 0 Å². The van der Waals surface area contributed by atoms with E-state index in [0.717, 1.165) is 25.9 Å². The SMILES string of the molecule is O=[C]OCOC1CCCCO1. The zero-order valence-electron chi connectivity index (χ0n) is 6.25. The van der Waals surface area contributed by atoms with Gasteiger partial charge in [0.05, 0.1) is 0 Å². The van der Waals surface area contributed by atoms with E-state index in [2.05, 4.69) is 4.74 Å². The van der Waals surface area contributed by atoms with Crippen molar-refractivity contribution in [2.75, 3.05) is 13.4 Å². The zero-order chi connectivity index (χ0) is 7.94. The monoisotopic (exact) mass is 159 g/mol. The highest BCUT2D eigenvalue weighted by atomic mass is 16.8. The first-order valence-electron chi connectivity index (χ1n) is 3.65. The first-order valence-corrected chi connectivity index (χ1v) is 3.65. The number of hydrogen-bond acceptors (Lipinski definition) is 4. The highest BCUT2D eigenvalue weighted by Gasteiger charge is 2.13. The van der Waals surface area contributed by atoms with Gasteiger partial charge in [0.15, 0.2) is 13.1 Å². The minimum Gasteiger partial charge on any atom is -0.430 e. The van der Waals surface area contributed by atoms with Crippen LogP contribution in [0.5, 0.6) is 0 Å². The second-order valence-electron chi connectivity index (χ2n) is 2.31. The maximum absolute atomic E-state index is 9.58. The van der Waals surface area contributed by atoms with Crippen LogP contribution in [0.1, 0.15) is 19.3 Å². The van der Waals surface area contributed by atoms with Gasteiger partial charge in [-0.2, -0.15) is 0 Å². The summed E-state index contributed by atoms with van der Waals surface area (Å²) in [7, 11) is 0. The summed E-state index contributed by atoms with van der Waals surface area (Å²) in [5, 5.41) is 0. The fourth-order valence-corrected chi connectivity index (χ4v) is 0.977. The Morgan fingerprint density at radius 3 is 3.09 bits per heavy atom. The Labute approximate surface area is 65.4 Å². The normalized spacial score (nSPS) is 24.5. The van der Waals surface area contributed by atoms with Gasteiger partial charge in [-0.05, 0) is 19.3 Å². The lowest BCUT2D eigenvalue weighted by Crippen LogP contribution is -2.23. The van der Waals surface area contributed by atoms with E-state index in [1.165, 1.54) is 6.47 Å². The molecule has 1 heterocycles. The molecule has 1 aliphatic rings. The Bertz CT molecular complexity index is 109. The largest absolute Gasteiger partial charge is 0.430 e. The summed E-state index contributed by atoms with van der Waals surface area (Å²) in [6.07, 6.45) is 2.87. The van der Waals surface area contributed by atoms with E-state index in [-0.39, 0.29) is 13.1 Å². The molecule has 1 rings (SSSR count). The molecule has 0 aliphatic carbocycles. The topological polar surface area (TPSA) is 44.8 Å². The van der Waals surface area contributed by atoms with Crippen LogP contribution in [0.15, 0.2) is 0 Å². The van der Waals surface area contributed by atoms with Crippen molar-refractivity contribution in [3.8, 4) is 0 Å². The molecule has 1 radical (unpaired) electrons. The van der Waals surface area contributed by atoms with Gasteiger partial charge in [-0.25, -0.2) is 4.79 Å². The minimum absolute atomic E-state index is 0.0613. The van der Waals surface area contributed by atoms with E-state index in [1.807, 2.05) is 0 Å². The van der Waals surface area contributed by atoms with Crippen LogP contribution in [0.2, 0.25) is 0 Å². The minimum atomic E-state index is -0.197. The van der Waals surface area contributed by atoms with Crippen molar-refractivity contribution in [2.24, 2.45) is 0 Å². The average Bonchev–Trinajstić information content (AvgIpc) is 2.07. The van der Waals surface area contributed by atoms with Crippen LogP contribution in [0.25, 0.3) is 0 Å². The molecule has 0 amide bonds. The van der Waals surface area contributed by atoms with E-state index in [1.54, 1.807) is 0 Å². The van der Waals surface area contributed by atoms with E-state index in [0.29, 0.717) is 0 Å². The van der Waals surface area contributed by atoms with Gasteiger partial charge in [0.1, 0.15) is 0 Å². The Hall–Kier alpha value is -0.610. The lowest BCUT2D eigenvalue weighted by atomic mass is 10.2. The van der Waals surface area contributed by atoms with Gasteiger partial charge in [0.2, 0.25) is 0 Å². The lowest BCUT2D eigenvalue weighted by molar-refractivity contribution is -0.193. The number of carbonyl (C=O) groups excluding carboxylic acids is 1. The van der Waals surface area contributed by atoms with Crippen LogP contribution in [-0.4, -0.2) is 26.2 Å². The maximum atomic E-state index is 9.58. The van der Waals surface area contributed by atoms with Gasteiger partial charge in [-0.1, -0.05) is 0 Å². The Kier molecular flexibility index (Phi) is 3.93. The molecular weight excluding hydrogens is 148 g/mol. The van der Waals surface area contributed by atoms with E-state index >= 15 is 0 Å². The maximum Gasteiger partial charge on any atom is 0.419 e. The third kappa shape index (κ3) is 3.34. The third-order valence-electron chi connectivity index (χ3n) is 1.51. The zero-order valence-corrected chi connectivity index (χ0v) is 6.25. The van der Waals surface area contributed by atoms with E-state index in [4.69, 9.17) is 9.47 Å². The first kappa shape index (κ1) is 8.49. The highest BCUT2D eigenvalue weighted by molar-refractivity contribution is 5.37. The van der Waals surface area contributed by atoms with Crippen LogP contribution >= 0.6 is 0 Å². The summed E-state index contributed by atoms with van der Waals surface area (Å²) in [6.45, 7) is 1.95. The molecule has 4 heteroatoms. The smallest absolute Gasteiger partial charge is 0.419 e. The first-order chi connectivity index (χ1) is 5.43. The van der Waals surface area contributed by atoms with Crippen molar-refractivity contribution < 1.29 is 19.0 Å². The molecule has 0 aromatic carbocycles. The molecule has 0 spiro atoms. The van der Waals surface area contributed by atoms with E-state index < -0.39 is 0 Å². The lowest BCUT2D eigenvalue weighted by Gasteiger charge is -2.21. The van der Waals surface area contributed by atoms with Crippen LogP contribution in [-0.2, 0) is 19.0 Å². The van der Waals surface area contributed by atoms with Crippen LogP contribution in [0.3, 0.4) is 0 Å². The summed E-state index contributed by atoms with van der Waals surface area (Å²) in [5.74, 6) is 0. The summed E-state index contributed by atoms with van der Waals surface area (Å²) >= 11 is 0. The van der Waals surface area contributed by atoms with Crippen molar-refractivity contribution in [1.82, 2.24) is 0 Å². The van der Waals surface area contributed by atoms with Crippen molar-refractivity contribution in [3.05, 3.63) is 0 Å². The second-order valence-corrected chi connectivity index (χ2v) is 2.31. The molecule has 0 N–H and O–H groups in total. The van der Waals surface area contributed by atoms with Gasteiger partial charge in [0, 0.05) is 6.61 Å². The molecule has 0 aromatic rings. The summed E-state index contributed by atoms with van der Waals surface area (Å²) < 4.78 is 14.4. The molecule has 63 valence electrons. The van der Waals surface area contributed by atoms with E-state index in [9.17, 15) is 4.79 Å². The molecule has 0 bridgehead atoms. The number of ether oxygens (including phenoxy) is 3. The predicted octanol–water partition coefficient (Wildman–Crippen LogP) is 0.571. The molecule has 1 atom stereocenters. The third-order valence-corrected chi connectivity index (χ3v) is 1.51. The van der Waals surface area contributed by atoms with Crippen molar-refractivity contribution >= 4 is 6.47 Å². The molecule has 0 saturated carbocycles. The van der Waals surface area contributed by atoms with Crippen molar-refractivity contribution in [3.63, 3.8) is 0 Å². The van der Waals surface area contributed by atoms with Gasteiger partial charge < -0.3 is 14.2 Å². The Balaban J connectivity index is 2.00. The molecule has 0 aromatic heterocycles. The standard InChI is InChI=1S/C7H11O4/c8-5-9-6-11-7-3-1-2-4-10-7/h7H,1-4,6H2. The summed E-state index contributed by atoms with van der Waals surface area (Å²) in [6, 6.07) is 0. The highest BCUT2D eigenvalue weighted by Crippen LogP contribution is 2.13. The molecular formula is C7H11O4. The average molecular weight is 159 g/mol. The van der Waals surface area contributed by atoms with Gasteiger partial charge >= 0.3 is 6.47 Å². The molecule has 4 nitrogen and oxygen atoms in total. The molecule has 11 heavy (non-hydrogen) atoms. The van der Waals surface area contributed by atoms with Crippen molar-refractivity contribution in [1.29, 1.82) is 0 Å². The van der Waals surface area contributed by atoms with Crippen molar-refractivity contribution in [2.45, 2.75) is 25.6 Å². The number of hydrogen-bond donors (Lipinski definition) is 0. The quantitative estimate of drug-likeness (QED) is 0.444. The Morgan fingerprint density at radius 2 is 2.45 bits per heavy atom. The Morgan fingerprint density at radius 1 is 1.55 bits per heavy atom. The predicted molar refractivity (Wildman–Crippen MR) is 36.3 cm³/mol. The molecule has 1 saturated heterocycles. The molecule has 1 unspecified atom stereocenters. The fourth-order valence-electron chi connectivity index (χ4n) is 0.977. The van der Waals surface area contributed by atoms with Crippen LogP contribution in [0, 0.1) is 0 Å². The van der Waals surface area contributed by atoms with Gasteiger partial charge in [-0.15, -0.1) is 0 Å². The molecule has 1 aliphatic heterocycles. The summed E-state index contributed by atoms with van der Waals surface area (Å²) in [5.41, 5.74) is 0. The second kappa shape index (κ2) is 5.09. The van der Waals surface area contributed by atoms with Gasteiger partial charge in [-0.3, -0.25) is 0 Å². The molecule has 1 fully saturated rings. The fraction of sp³-hybridized carbons (Fsp3) is 0.857. The number of rotatable bonds is 4. The summed E-state index contributed by atoms with van der Waals surface area (Å²) in [4.78, 5) is 9.58. The van der Waals surface area contributed by atoms with Crippen LogP contribution in [0.4, 0.5) is 0 Å².